The normalized spacial score (nSPS) is 15.5. The van der Waals surface area contributed by atoms with Gasteiger partial charge in [-0.25, -0.2) is 4.98 Å². The van der Waals surface area contributed by atoms with Crippen molar-refractivity contribution in [3.8, 4) is 0 Å². The Morgan fingerprint density at radius 1 is 1.32 bits per heavy atom. The summed E-state index contributed by atoms with van der Waals surface area (Å²) in [6.45, 7) is 6.77. The summed E-state index contributed by atoms with van der Waals surface area (Å²) < 4.78 is 1.67. The average molecular weight is 418 g/mol. The number of nitrogens with one attached hydrogen (secondary N) is 1. The van der Waals surface area contributed by atoms with E-state index in [-0.39, 0.29) is 17.2 Å². The predicted octanol–water partition coefficient (Wildman–Crippen LogP) is 4.37. The Bertz CT molecular complexity index is 894. The first-order valence-corrected chi connectivity index (χ1v) is 11.7. The third-order valence-corrected chi connectivity index (χ3v) is 6.86. The summed E-state index contributed by atoms with van der Waals surface area (Å²) in [5.74, 6) is 0.136. The lowest BCUT2D eigenvalue weighted by molar-refractivity contribution is -0.113. The van der Waals surface area contributed by atoms with Crippen molar-refractivity contribution < 1.29 is 4.79 Å². The Labute approximate surface area is 174 Å². The van der Waals surface area contributed by atoms with Gasteiger partial charge in [0.2, 0.25) is 5.91 Å². The summed E-state index contributed by atoms with van der Waals surface area (Å²) in [4.78, 5) is 30.5. The Morgan fingerprint density at radius 2 is 2.07 bits per heavy atom. The predicted molar refractivity (Wildman–Crippen MR) is 118 cm³/mol. The molecule has 1 N–H and O–H groups in total. The fourth-order valence-electron chi connectivity index (χ4n) is 3.18. The zero-order valence-corrected chi connectivity index (χ0v) is 18.3. The Hall–Kier alpha value is -1.73. The van der Waals surface area contributed by atoms with Crippen LogP contribution in [0, 0.1) is 0 Å². The third kappa shape index (κ3) is 5.00. The first-order valence-electron chi connectivity index (χ1n) is 9.83. The molecule has 0 saturated heterocycles. The van der Waals surface area contributed by atoms with Gasteiger partial charge >= 0.3 is 0 Å². The number of aromatic nitrogens is 2. The number of hydrogen-bond acceptors (Lipinski definition) is 5. The molecule has 1 amide bonds. The Morgan fingerprint density at radius 3 is 2.75 bits per heavy atom. The number of amides is 1. The van der Waals surface area contributed by atoms with Gasteiger partial charge in [-0.3, -0.25) is 14.2 Å². The van der Waals surface area contributed by atoms with Crippen LogP contribution in [0.2, 0.25) is 0 Å². The number of benzene rings is 1. The monoisotopic (exact) mass is 417 g/mol. The molecule has 3 rings (SSSR count). The molecule has 0 spiro atoms. The van der Waals surface area contributed by atoms with Crippen molar-refractivity contribution in [2.24, 2.45) is 0 Å². The largest absolute Gasteiger partial charge is 0.325 e. The van der Waals surface area contributed by atoms with E-state index in [0.717, 1.165) is 29.1 Å². The fourth-order valence-corrected chi connectivity index (χ4v) is 5.18. The van der Waals surface area contributed by atoms with E-state index in [4.69, 9.17) is 0 Å². The third-order valence-electron chi connectivity index (χ3n) is 4.67. The van der Waals surface area contributed by atoms with Crippen molar-refractivity contribution in [2.75, 3.05) is 11.1 Å². The number of fused-ring (bicyclic) bond motifs is 1. The summed E-state index contributed by atoms with van der Waals surface area (Å²) >= 11 is 2.93. The highest BCUT2D eigenvalue weighted by atomic mass is 32.2. The minimum Gasteiger partial charge on any atom is -0.325 e. The van der Waals surface area contributed by atoms with Gasteiger partial charge in [0, 0.05) is 23.9 Å². The topological polar surface area (TPSA) is 64.0 Å². The summed E-state index contributed by atoms with van der Waals surface area (Å²) in [7, 11) is 0. The van der Waals surface area contributed by atoms with E-state index in [2.05, 4.69) is 36.3 Å². The van der Waals surface area contributed by atoms with Gasteiger partial charge in [-0.05, 0) is 37.5 Å². The van der Waals surface area contributed by atoms with Crippen LogP contribution in [0.5, 0.6) is 0 Å². The van der Waals surface area contributed by atoms with Crippen LogP contribution in [0.4, 0.5) is 5.69 Å². The molecule has 1 aromatic heterocycles. The summed E-state index contributed by atoms with van der Waals surface area (Å²) in [5.41, 5.74) is 2.98. The molecule has 1 aromatic carbocycles. The highest BCUT2D eigenvalue weighted by Crippen LogP contribution is 2.34. The van der Waals surface area contributed by atoms with E-state index in [9.17, 15) is 9.59 Å². The lowest BCUT2D eigenvalue weighted by Gasteiger charge is -2.12. The molecule has 0 fully saturated rings. The molecule has 1 atom stereocenters. The van der Waals surface area contributed by atoms with Gasteiger partial charge in [-0.15, -0.1) is 11.8 Å². The molecule has 1 aliphatic heterocycles. The number of anilines is 1. The molecule has 2 aromatic rings. The standard InChI is InChI=1S/C21H27N3O2S2/c1-4-6-7-15-8-10-16(11-9-15)22-18(25)13-27-21-23-17-12-14(3)28-19(17)20(26)24(21)5-2/h8-11,14H,4-7,12-13H2,1-3H3,(H,22,25)/t14-/m0/s1. The molecule has 150 valence electrons. The van der Waals surface area contributed by atoms with Gasteiger partial charge in [0.25, 0.3) is 5.56 Å². The van der Waals surface area contributed by atoms with E-state index >= 15 is 0 Å². The number of carbonyl (C=O) groups excluding carboxylic acids is 1. The van der Waals surface area contributed by atoms with Gasteiger partial charge in [-0.1, -0.05) is 44.2 Å². The molecule has 2 heterocycles. The van der Waals surface area contributed by atoms with Gasteiger partial charge in [0.1, 0.15) is 0 Å². The van der Waals surface area contributed by atoms with Gasteiger partial charge in [0.15, 0.2) is 5.16 Å². The molecule has 0 unspecified atom stereocenters. The molecule has 0 bridgehead atoms. The number of nitrogens with zero attached hydrogens (tertiary/aromatic N) is 2. The van der Waals surface area contributed by atoms with Gasteiger partial charge < -0.3 is 5.32 Å². The van der Waals surface area contributed by atoms with E-state index in [0.29, 0.717) is 17.0 Å². The van der Waals surface area contributed by atoms with Crippen LogP contribution >= 0.6 is 23.5 Å². The smallest absolute Gasteiger partial charge is 0.268 e. The highest BCUT2D eigenvalue weighted by molar-refractivity contribution is 8.00. The van der Waals surface area contributed by atoms with Crippen molar-refractivity contribution in [1.82, 2.24) is 9.55 Å². The number of hydrogen-bond donors (Lipinski definition) is 1. The molecule has 0 saturated carbocycles. The second-order valence-corrected chi connectivity index (χ2v) is 9.38. The molecule has 7 heteroatoms. The van der Waals surface area contributed by atoms with Crippen LogP contribution < -0.4 is 10.9 Å². The number of thioether (sulfide) groups is 2. The minimum atomic E-state index is -0.0912. The Balaban J connectivity index is 1.62. The molecule has 5 nitrogen and oxygen atoms in total. The SMILES string of the molecule is CCCCc1ccc(NC(=O)CSc2nc3c(c(=O)n2CC)S[C@@H](C)C3)cc1. The molecular formula is C21H27N3O2S2. The first-order chi connectivity index (χ1) is 13.5. The maximum atomic E-state index is 12.7. The number of rotatable bonds is 8. The number of aryl methyl sites for hydroxylation is 1. The maximum Gasteiger partial charge on any atom is 0.268 e. The van der Waals surface area contributed by atoms with E-state index in [1.807, 2.05) is 19.1 Å². The van der Waals surface area contributed by atoms with Gasteiger partial charge in [-0.2, -0.15) is 0 Å². The fraction of sp³-hybridized carbons (Fsp3) is 0.476. The summed E-state index contributed by atoms with van der Waals surface area (Å²) in [6, 6.07) is 8.02. The second kappa shape index (κ2) is 9.65. The number of unbranched alkanes of at least 4 members (excludes halogenated alkanes) is 1. The average Bonchev–Trinajstić information content (AvgIpc) is 3.06. The van der Waals surface area contributed by atoms with Crippen LogP contribution in [-0.4, -0.2) is 26.5 Å². The lowest BCUT2D eigenvalue weighted by atomic mass is 10.1. The molecule has 1 aliphatic rings. The molecular weight excluding hydrogens is 390 g/mol. The minimum absolute atomic E-state index is 0.0208. The quantitative estimate of drug-likeness (QED) is 0.510. The zero-order chi connectivity index (χ0) is 20.1. The van der Waals surface area contributed by atoms with Crippen molar-refractivity contribution in [3.63, 3.8) is 0 Å². The van der Waals surface area contributed by atoms with Gasteiger partial charge in [0.05, 0.1) is 16.3 Å². The molecule has 0 aliphatic carbocycles. The maximum absolute atomic E-state index is 12.7. The lowest BCUT2D eigenvalue weighted by Crippen LogP contribution is -2.25. The van der Waals surface area contributed by atoms with Crippen LogP contribution in [0.15, 0.2) is 39.1 Å². The second-order valence-electron chi connectivity index (χ2n) is 6.99. The van der Waals surface area contributed by atoms with Crippen molar-refractivity contribution >= 4 is 35.1 Å². The van der Waals surface area contributed by atoms with Crippen LogP contribution in [0.1, 0.15) is 44.9 Å². The van der Waals surface area contributed by atoms with Crippen LogP contribution in [-0.2, 0) is 24.2 Å². The van der Waals surface area contributed by atoms with Crippen LogP contribution in [0.25, 0.3) is 0 Å². The molecule has 28 heavy (non-hydrogen) atoms. The molecule has 0 radical (unpaired) electrons. The Kier molecular flexibility index (Phi) is 7.24. The van der Waals surface area contributed by atoms with E-state index < -0.39 is 0 Å². The first kappa shape index (κ1) is 21.0. The number of carbonyl (C=O) groups is 1. The van der Waals surface area contributed by atoms with Crippen molar-refractivity contribution in [1.29, 1.82) is 0 Å². The van der Waals surface area contributed by atoms with Crippen molar-refractivity contribution in [3.05, 3.63) is 45.9 Å². The zero-order valence-electron chi connectivity index (χ0n) is 16.7. The summed E-state index contributed by atoms with van der Waals surface area (Å²) in [6.07, 6.45) is 4.22. The van der Waals surface area contributed by atoms with Crippen LogP contribution in [0.3, 0.4) is 0 Å². The van der Waals surface area contributed by atoms with Crippen molar-refractivity contribution in [2.45, 2.75) is 68.3 Å². The van der Waals surface area contributed by atoms with E-state index in [1.54, 1.807) is 16.3 Å². The van der Waals surface area contributed by atoms with E-state index in [1.165, 1.54) is 30.2 Å². The summed E-state index contributed by atoms with van der Waals surface area (Å²) in [5, 5.41) is 3.94. The highest BCUT2D eigenvalue weighted by Gasteiger charge is 2.26.